The molecule has 0 amide bonds. The molecule has 0 bridgehead atoms. The van der Waals surface area contributed by atoms with Crippen LogP contribution in [-0.2, 0) is 22.6 Å². The zero-order valence-corrected chi connectivity index (χ0v) is 10.9. The van der Waals surface area contributed by atoms with Crippen LogP contribution in [0.5, 0.6) is 0 Å². The lowest BCUT2D eigenvalue weighted by molar-refractivity contribution is -0.0127. The minimum Gasteiger partial charge on any atom is -0.379 e. The average molecular weight is 238 g/mol. The van der Waals surface area contributed by atoms with Crippen LogP contribution >= 0.6 is 0 Å². The molecule has 0 aromatic carbocycles. The average Bonchev–Trinajstić information content (AvgIpc) is 2.35. The number of pyridine rings is 1. The van der Waals surface area contributed by atoms with Crippen LogP contribution in [0.25, 0.3) is 0 Å². The van der Waals surface area contributed by atoms with Gasteiger partial charge in [-0.25, -0.2) is 0 Å². The second-order valence-corrected chi connectivity index (χ2v) is 3.93. The molecule has 0 saturated heterocycles. The van der Waals surface area contributed by atoms with E-state index in [1.165, 1.54) is 0 Å². The molecule has 0 aliphatic heterocycles. The van der Waals surface area contributed by atoms with Crippen LogP contribution in [0.15, 0.2) is 18.2 Å². The molecule has 4 nitrogen and oxygen atoms in total. The summed E-state index contributed by atoms with van der Waals surface area (Å²) >= 11 is 0. The van der Waals surface area contributed by atoms with Gasteiger partial charge in [0.05, 0.1) is 30.7 Å². The minimum atomic E-state index is 0.102. The maximum atomic E-state index is 5.66. The Labute approximate surface area is 103 Å². The number of nitrogens with zero attached hydrogens (tertiary/aromatic N) is 1. The Morgan fingerprint density at radius 2 is 2.12 bits per heavy atom. The summed E-state index contributed by atoms with van der Waals surface area (Å²) in [6.07, 6.45) is 0.102. The number of ether oxygens (including phenoxy) is 2. The van der Waals surface area contributed by atoms with Crippen LogP contribution < -0.4 is 5.32 Å². The maximum Gasteiger partial charge on any atom is 0.0892 e. The molecule has 1 aromatic rings. The van der Waals surface area contributed by atoms with Crippen molar-refractivity contribution in [1.82, 2.24) is 10.3 Å². The molecule has 1 N–H and O–H groups in total. The van der Waals surface area contributed by atoms with Crippen molar-refractivity contribution < 1.29 is 9.47 Å². The first-order valence-electron chi connectivity index (χ1n) is 6.05. The molecule has 4 heteroatoms. The topological polar surface area (TPSA) is 43.4 Å². The molecular weight excluding hydrogens is 216 g/mol. The molecular formula is C13H22N2O2. The lowest BCUT2D eigenvalue weighted by Crippen LogP contribution is -2.16. The Bertz CT molecular complexity index is 318. The number of hydrogen-bond donors (Lipinski definition) is 1. The third-order valence-corrected chi connectivity index (χ3v) is 2.29. The highest BCUT2D eigenvalue weighted by Gasteiger charge is 2.03. The molecule has 1 aromatic heterocycles. The molecule has 0 radical (unpaired) electrons. The van der Waals surface area contributed by atoms with E-state index in [1.807, 2.05) is 39.1 Å². The molecule has 0 saturated carbocycles. The van der Waals surface area contributed by atoms with E-state index in [-0.39, 0.29) is 6.10 Å². The van der Waals surface area contributed by atoms with Gasteiger partial charge in [-0.2, -0.15) is 0 Å². The first kappa shape index (κ1) is 14.1. The summed E-state index contributed by atoms with van der Waals surface area (Å²) in [6, 6.07) is 5.99. The van der Waals surface area contributed by atoms with Crippen molar-refractivity contribution in [3.8, 4) is 0 Å². The van der Waals surface area contributed by atoms with Crippen molar-refractivity contribution in [2.24, 2.45) is 0 Å². The molecule has 0 fully saturated rings. The van der Waals surface area contributed by atoms with Gasteiger partial charge in [0.2, 0.25) is 0 Å². The fourth-order valence-electron chi connectivity index (χ4n) is 1.45. The summed E-state index contributed by atoms with van der Waals surface area (Å²) in [5.74, 6) is 0. The quantitative estimate of drug-likeness (QED) is 0.749. The lowest BCUT2D eigenvalue weighted by Gasteiger charge is -2.12. The molecule has 17 heavy (non-hydrogen) atoms. The van der Waals surface area contributed by atoms with Crippen LogP contribution in [0, 0.1) is 0 Å². The van der Waals surface area contributed by atoms with Crippen molar-refractivity contribution in [2.45, 2.75) is 33.1 Å². The second kappa shape index (κ2) is 8.17. The summed E-state index contributed by atoms with van der Waals surface area (Å²) in [7, 11) is 1.91. The summed E-state index contributed by atoms with van der Waals surface area (Å²) in [5.41, 5.74) is 1.99. The highest BCUT2D eigenvalue weighted by molar-refractivity contribution is 5.10. The van der Waals surface area contributed by atoms with Crippen LogP contribution in [-0.4, -0.2) is 31.3 Å². The molecule has 0 aliphatic rings. The van der Waals surface area contributed by atoms with Crippen molar-refractivity contribution in [2.75, 3.05) is 20.3 Å². The maximum absolute atomic E-state index is 5.66. The molecule has 1 heterocycles. The molecule has 1 unspecified atom stereocenters. The zero-order chi connectivity index (χ0) is 12.5. The molecule has 0 spiro atoms. The van der Waals surface area contributed by atoms with Gasteiger partial charge in [0.25, 0.3) is 0 Å². The van der Waals surface area contributed by atoms with Gasteiger partial charge in [-0.15, -0.1) is 0 Å². The van der Waals surface area contributed by atoms with E-state index in [0.29, 0.717) is 13.2 Å². The Balaban J connectivity index is 2.37. The van der Waals surface area contributed by atoms with Gasteiger partial charge >= 0.3 is 0 Å². The van der Waals surface area contributed by atoms with Gasteiger partial charge < -0.3 is 14.8 Å². The van der Waals surface area contributed by atoms with E-state index in [2.05, 4.69) is 10.3 Å². The van der Waals surface area contributed by atoms with Crippen molar-refractivity contribution >= 4 is 0 Å². The van der Waals surface area contributed by atoms with E-state index in [4.69, 9.17) is 9.47 Å². The highest BCUT2D eigenvalue weighted by Crippen LogP contribution is 2.03. The van der Waals surface area contributed by atoms with Crippen LogP contribution in [0.1, 0.15) is 25.2 Å². The van der Waals surface area contributed by atoms with Crippen LogP contribution in [0.4, 0.5) is 0 Å². The van der Waals surface area contributed by atoms with E-state index in [0.717, 1.165) is 24.5 Å². The normalized spacial score (nSPS) is 12.6. The van der Waals surface area contributed by atoms with E-state index < -0.39 is 0 Å². The highest BCUT2D eigenvalue weighted by atomic mass is 16.5. The number of rotatable bonds is 8. The molecule has 96 valence electrons. The fourth-order valence-corrected chi connectivity index (χ4v) is 1.45. The smallest absolute Gasteiger partial charge is 0.0892 e. The SMILES string of the molecule is CCOCC(C)OCc1cccc(CNC)n1. The van der Waals surface area contributed by atoms with Crippen LogP contribution in [0.2, 0.25) is 0 Å². The van der Waals surface area contributed by atoms with Crippen molar-refractivity contribution in [3.63, 3.8) is 0 Å². The number of aromatic nitrogens is 1. The van der Waals surface area contributed by atoms with Crippen molar-refractivity contribution in [3.05, 3.63) is 29.6 Å². The number of hydrogen-bond acceptors (Lipinski definition) is 4. The predicted octanol–water partition coefficient (Wildman–Crippen LogP) is 1.74. The van der Waals surface area contributed by atoms with E-state index >= 15 is 0 Å². The Hall–Kier alpha value is -0.970. The monoisotopic (exact) mass is 238 g/mol. The summed E-state index contributed by atoms with van der Waals surface area (Å²) in [4.78, 5) is 4.49. The van der Waals surface area contributed by atoms with Gasteiger partial charge in [0.1, 0.15) is 0 Å². The first-order valence-corrected chi connectivity index (χ1v) is 6.05. The lowest BCUT2D eigenvalue weighted by atomic mass is 10.3. The molecule has 1 atom stereocenters. The standard InChI is InChI=1S/C13H22N2O2/c1-4-16-9-11(2)17-10-13-7-5-6-12(15-13)8-14-3/h5-7,11,14H,4,8-10H2,1-3H3. The second-order valence-electron chi connectivity index (χ2n) is 3.93. The fraction of sp³-hybridized carbons (Fsp3) is 0.615. The van der Waals surface area contributed by atoms with Gasteiger partial charge in [0.15, 0.2) is 0 Å². The van der Waals surface area contributed by atoms with Crippen molar-refractivity contribution in [1.29, 1.82) is 0 Å². The molecule has 0 aliphatic carbocycles. The van der Waals surface area contributed by atoms with Gasteiger partial charge in [0, 0.05) is 13.2 Å². The van der Waals surface area contributed by atoms with E-state index in [9.17, 15) is 0 Å². The zero-order valence-electron chi connectivity index (χ0n) is 10.9. The van der Waals surface area contributed by atoms with Gasteiger partial charge in [-0.3, -0.25) is 4.98 Å². The third-order valence-electron chi connectivity index (χ3n) is 2.29. The number of nitrogens with one attached hydrogen (secondary N) is 1. The summed E-state index contributed by atoms with van der Waals surface area (Å²) in [6.45, 7) is 6.66. The Kier molecular flexibility index (Phi) is 6.77. The van der Waals surface area contributed by atoms with Gasteiger partial charge in [-0.05, 0) is 33.0 Å². The van der Waals surface area contributed by atoms with E-state index in [1.54, 1.807) is 0 Å². The molecule has 1 rings (SSSR count). The first-order chi connectivity index (χ1) is 8.26. The third kappa shape index (κ3) is 5.77. The summed E-state index contributed by atoms with van der Waals surface area (Å²) < 4.78 is 10.9. The van der Waals surface area contributed by atoms with Crippen LogP contribution in [0.3, 0.4) is 0 Å². The summed E-state index contributed by atoms with van der Waals surface area (Å²) in [5, 5.41) is 3.08. The van der Waals surface area contributed by atoms with Gasteiger partial charge in [-0.1, -0.05) is 6.07 Å². The minimum absolute atomic E-state index is 0.102. The largest absolute Gasteiger partial charge is 0.379 e. The Morgan fingerprint density at radius 3 is 2.82 bits per heavy atom. The Morgan fingerprint density at radius 1 is 1.35 bits per heavy atom. The predicted molar refractivity (Wildman–Crippen MR) is 67.7 cm³/mol.